The summed E-state index contributed by atoms with van der Waals surface area (Å²) in [5, 5.41) is 18.4. The number of oxazole rings is 1. The molecule has 2 aliphatic carbocycles. The first-order valence-corrected chi connectivity index (χ1v) is 13.6. The molecule has 3 fully saturated rings. The highest BCUT2D eigenvalue weighted by molar-refractivity contribution is 5.58. The Kier molecular flexibility index (Phi) is 7.03. The predicted octanol–water partition coefficient (Wildman–Crippen LogP) is 6.13. The highest BCUT2D eigenvalue weighted by Gasteiger charge is 2.46. The number of nitrogens with one attached hydrogen (secondary N) is 2. The smallest absolute Gasteiger partial charge is 0.424 e. The van der Waals surface area contributed by atoms with Crippen molar-refractivity contribution in [2.45, 2.75) is 69.1 Å². The predicted molar refractivity (Wildman–Crippen MR) is 142 cm³/mol. The molecule has 2 bridgehead atoms. The Balaban J connectivity index is 1.09. The summed E-state index contributed by atoms with van der Waals surface area (Å²) in [5.74, 6) is 0.751. The Hall–Kier alpha value is -3.80. The fourth-order valence-corrected chi connectivity index (χ4v) is 6.50. The number of piperidine rings is 1. The van der Waals surface area contributed by atoms with Gasteiger partial charge in [0.15, 0.2) is 5.76 Å². The molecule has 5 atom stereocenters. The number of alkyl halides is 3. The minimum Gasteiger partial charge on any atom is -0.424 e. The van der Waals surface area contributed by atoms with Gasteiger partial charge in [-0.15, -0.1) is 13.2 Å². The number of nitro groups is 1. The SMILES string of the molecule is O=[N+]([O-])c1ccc(N2C[C@@H]3C[C@H](NC4CCCCC4Nc4ncc(-c5ccc(OC(F)(F)F)cc5)o4)[C@H]2C3)cc1. The summed E-state index contributed by atoms with van der Waals surface area (Å²) >= 11 is 0. The third-order valence-electron chi connectivity index (χ3n) is 8.26. The van der Waals surface area contributed by atoms with Crippen molar-refractivity contribution in [3.63, 3.8) is 0 Å². The molecule has 2 saturated carbocycles. The molecule has 0 spiro atoms. The van der Waals surface area contributed by atoms with Gasteiger partial charge in [0.2, 0.25) is 0 Å². The van der Waals surface area contributed by atoms with Crippen LogP contribution in [0.25, 0.3) is 11.3 Å². The van der Waals surface area contributed by atoms with Crippen LogP contribution >= 0.6 is 0 Å². The number of benzene rings is 2. The van der Waals surface area contributed by atoms with Gasteiger partial charge < -0.3 is 24.7 Å². The van der Waals surface area contributed by atoms with Crippen molar-refractivity contribution in [2.24, 2.45) is 5.92 Å². The van der Waals surface area contributed by atoms with Crippen LogP contribution in [0.2, 0.25) is 0 Å². The number of hydrogen-bond acceptors (Lipinski definition) is 8. The third kappa shape index (κ3) is 5.72. The minimum atomic E-state index is -4.74. The van der Waals surface area contributed by atoms with Crippen LogP contribution in [0.3, 0.4) is 0 Å². The number of hydrogen-bond donors (Lipinski definition) is 2. The molecule has 2 heterocycles. The summed E-state index contributed by atoms with van der Waals surface area (Å²) in [4.78, 5) is 17.4. The number of fused-ring (bicyclic) bond motifs is 2. The van der Waals surface area contributed by atoms with E-state index >= 15 is 0 Å². The second-order valence-electron chi connectivity index (χ2n) is 10.8. The number of ether oxygens (including phenoxy) is 1. The van der Waals surface area contributed by atoms with E-state index in [9.17, 15) is 23.3 Å². The monoisotopic (exact) mass is 557 g/mol. The van der Waals surface area contributed by atoms with Gasteiger partial charge in [-0.3, -0.25) is 10.1 Å². The Morgan fingerprint density at radius 2 is 1.73 bits per heavy atom. The number of nitrogens with zero attached hydrogens (tertiary/aromatic N) is 3. The van der Waals surface area contributed by atoms with Gasteiger partial charge in [0.05, 0.1) is 11.1 Å². The Morgan fingerprint density at radius 1 is 1.00 bits per heavy atom. The normalized spacial score (nSPS) is 26.2. The first-order chi connectivity index (χ1) is 19.2. The molecule has 2 aromatic carbocycles. The lowest BCUT2D eigenvalue weighted by Crippen LogP contribution is -2.56. The van der Waals surface area contributed by atoms with Gasteiger partial charge in [0, 0.05) is 54.1 Å². The molecule has 0 radical (unpaired) electrons. The Bertz CT molecular complexity index is 1330. The average molecular weight is 558 g/mol. The molecule has 6 rings (SSSR count). The largest absolute Gasteiger partial charge is 0.573 e. The molecule has 12 heteroatoms. The van der Waals surface area contributed by atoms with E-state index in [1.165, 1.54) is 24.3 Å². The zero-order valence-electron chi connectivity index (χ0n) is 21.6. The summed E-state index contributed by atoms with van der Waals surface area (Å²) in [6.45, 7) is 0.968. The molecule has 1 saturated heterocycles. The molecule has 2 unspecified atom stereocenters. The number of nitro benzene ring substituents is 1. The molecule has 9 nitrogen and oxygen atoms in total. The van der Waals surface area contributed by atoms with Crippen LogP contribution in [0, 0.1) is 16.0 Å². The molecule has 40 heavy (non-hydrogen) atoms. The van der Waals surface area contributed by atoms with E-state index in [1.807, 2.05) is 12.1 Å². The summed E-state index contributed by atoms with van der Waals surface area (Å²) in [7, 11) is 0. The van der Waals surface area contributed by atoms with E-state index in [-0.39, 0.29) is 28.4 Å². The zero-order chi connectivity index (χ0) is 27.9. The van der Waals surface area contributed by atoms with Gasteiger partial charge in [-0.25, -0.2) is 4.98 Å². The standard InChI is InChI=1S/C28H30F3N5O4/c29-28(30,31)40-21-11-5-18(6-12-21)26-15-32-27(39-26)34-23-4-2-1-3-22(23)33-24-13-17-14-25(24)35(16-17)19-7-9-20(10-8-19)36(37)38/h5-12,15,17,22-25,33H,1-4,13-14,16H2,(H,32,34)/t17-,22?,23?,24+,25-/m1/s1. The fraction of sp³-hybridized carbons (Fsp3) is 0.464. The van der Waals surface area contributed by atoms with E-state index in [2.05, 4.69) is 25.3 Å². The Labute approximate surface area is 228 Å². The van der Waals surface area contributed by atoms with Gasteiger partial charge in [-0.05, 0) is 68.0 Å². The molecule has 0 amide bonds. The molecule has 2 N–H and O–H groups in total. The quantitative estimate of drug-likeness (QED) is 0.252. The minimum absolute atomic E-state index is 0.0982. The summed E-state index contributed by atoms with van der Waals surface area (Å²) in [6, 6.07) is 13.7. The molecule has 1 aromatic heterocycles. The molecular weight excluding hydrogens is 527 g/mol. The lowest BCUT2D eigenvalue weighted by Gasteiger charge is -2.40. The first-order valence-electron chi connectivity index (χ1n) is 13.6. The maximum absolute atomic E-state index is 12.4. The number of halogens is 3. The van der Waals surface area contributed by atoms with Crippen LogP contribution in [-0.4, -0.2) is 47.0 Å². The number of non-ortho nitro benzene ring substituents is 1. The van der Waals surface area contributed by atoms with Crippen LogP contribution in [0.4, 0.5) is 30.6 Å². The van der Waals surface area contributed by atoms with Crippen molar-refractivity contribution in [3.8, 4) is 17.1 Å². The maximum atomic E-state index is 12.4. The van der Waals surface area contributed by atoms with Gasteiger partial charge in [0.1, 0.15) is 5.75 Å². The summed E-state index contributed by atoms with van der Waals surface area (Å²) in [6.07, 6.45) is 3.25. The van der Waals surface area contributed by atoms with Crippen LogP contribution < -0.4 is 20.3 Å². The molecule has 212 valence electrons. The zero-order valence-corrected chi connectivity index (χ0v) is 21.6. The van der Waals surface area contributed by atoms with E-state index in [4.69, 9.17) is 4.42 Å². The van der Waals surface area contributed by atoms with Crippen LogP contribution in [0.5, 0.6) is 5.75 Å². The van der Waals surface area contributed by atoms with Gasteiger partial charge in [-0.1, -0.05) is 12.8 Å². The highest BCUT2D eigenvalue weighted by Crippen LogP contribution is 2.41. The number of aromatic nitrogens is 1. The van der Waals surface area contributed by atoms with Crippen molar-refractivity contribution in [1.82, 2.24) is 10.3 Å². The topological polar surface area (TPSA) is 106 Å². The average Bonchev–Trinajstić information content (AvgIpc) is 3.66. The van der Waals surface area contributed by atoms with Crippen molar-refractivity contribution in [2.75, 3.05) is 16.8 Å². The lowest BCUT2D eigenvalue weighted by atomic mass is 9.89. The first kappa shape index (κ1) is 26.4. The van der Waals surface area contributed by atoms with E-state index in [0.29, 0.717) is 35.3 Å². The van der Waals surface area contributed by atoms with Crippen molar-refractivity contribution < 1.29 is 27.2 Å². The lowest BCUT2D eigenvalue weighted by molar-refractivity contribution is -0.384. The highest BCUT2D eigenvalue weighted by atomic mass is 19.4. The Morgan fingerprint density at radius 3 is 2.40 bits per heavy atom. The number of anilines is 2. The van der Waals surface area contributed by atoms with Crippen LogP contribution in [0.1, 0.15) is 38.5 Å². The second kappa shape index (κ2) is 10.6. The van der Waals surface area contributed by atoms with Gasteiger partial charge in [-0.2, -0.15) is 0 Å². The third-order valence-corrected chi connectivity index (χ3v) is 8.26. The van der Waals surface area contributed by atoms with Crippen LogP contribution in [-0.2, 0) is 0 Å². The van der Waals surface area contributed by atoms with Crippen molar-refractivity contribution in [3.05, 3.63) is 64.8 Å². The fourth-order valence-electron chi connectivity index (χ4n) is 6.50. The van der Waals surface area contributed by atoms with Gasteiger partial charge in [0.25, 0.3) is 11.7 Å². The van der Waals surface area contributed by atoms with Crippen LogP contribution in [0.15, 0.2) is 59.1 Å². The molecule has 3 aliphatic rings. The summed E-state index contributed by atoms with van der Waals surface area (Å²) < 4.78 is 47.2. The molecular formula is C28H30F3N5O4. The summed E-state index contributed by atoms with van der Waals surface area (Å²) in [5.41, 5.74) is 1.72. The van der Waals surface area contributed by atoms with E-state index in [0.717, 1.165) is 50.8 Å². The number of rotatable bonds is 8. The van der Waals surface area contributed by atoms with Gasteiger partial charge >= 0.3 is 6.36 Å². The van der Waals surface area contributed by atoms with E-state index < -0.39 is 6.36 Å². The van der Waals surface area contributed by atoms with E-state index in [1.54, 1.807) is 18.3 Å². The molecule has 3 aromatic rings. The van der Waals surface area contributed by atoms with Crippen molar-refractivity contribution in [1.29, 1.82) is 0 Å². The maximum Gasteiger partial charge on any atom is 0.573 e. The van der Waals surface area contributed by atoms with Crippen molar-refractivity contribution >= 4 is 17.4 Å². The molecule has 1 aliphatic heterocycles. The second-order valence-corrected chi connectivity index (χ2v) is 10.8.